The third-order valence-electron chi connectivity index (χ3n) is 2.90. The van der Waals surface area contributed by atoms with Gasteiger partial charge in [0.05, 0.1) is 22.4 Å². The largest absolute Gasteiger partial charge is 0.349 e. The Kier molecular flexibility index (Phi) is 5.48. The van der Waals surface area contributed by atoms with E-state index in [9.17, 15) is 14.9 Å². The molecular weight excluding hydrogens is 302 g/mol. The van der Waals surface area contributed by atoms with Gasteiger partial charge in [0.15, 0.2) is 0 Å². The van der Waals surface area contributed by atoms with E-state index < -0.39 is 4.92 Å². The average molecular weight is 317 g/mol. The van der Waals surface area contributed by atoms with Gasteiger partial charge >= 0.3 is 0 Å². The molecule has 7 heteroatoms. The molecule has 1 amide bonds. The van der Waals surface area contributed by atoms with Gasteiger partial charge in [-0.25, -0.2) is 0 Å². The first-order valence-electron chi connectivity index (χ1n) is 6.65. The summed E-state index contributed by atoms with van der Waals surface area (Å²) < 4.78 is 0. The number of hydrogen-bond donors (Lipinski definition) is 1. The zero-order valence-corrected chi connectivity index (χ0v) is 12.7. The zero-order valence-electron chi connectivity index (χ0n) is 11.9. The molecule has 114 valence electrons. The topological polar surface area (TPSA) is 85.1 Å². The molecule has 0 saturated heterocycles. The second-order valence-electron chi connectivity index (χ2n) is 4.55. The minimum Gasteiger partial charge on any atom is -0.349 e. The number of nitro benzene ring substituents is 1. The monoisotopic (exact) mass is 317 g/mol. The fourth-order valence-corrected chi connectivity index (χ4v) is 2.62. The number of benzene rings is 1. The number of rotatable bonds is 6. The Labute approximate surface area is 132 Å². The second kappa shape index (κ2) is 7.56. The number of carbonyl (C=O) groups excluding carboxylic acids is 1. The third kappa shape index (κ3) is 4.56. The second-order valence-corrected chi connectivity index (χ2v) is 5.96. The van der Waals surface area contributed by atoms with Crippen LogP contribution >= 0.6 is 11.8 Å². The zero-order chi connectivity index (χ0) is 15.9. The van der Waals surface area contributed by atoms with Crippen LogP contribution in [0.1, 0.15) is 12.6 Å². The average Bonchev–Trinajstić information content (AvgIpc) is 2.54. The summed E-state index contributed by atoms with van der Waals surface area (Å²) in [4.78, 5) is 27.1. The molecule has 6 nitrogen and oxygen atoms in total. The molecular formula is C15H15N3O3S. The molecule has 2 rings (SSSR count). The van der Waals surface area contributed by atoms with E-state index >= 15 is 0 Å². The minimum absolute atomic E-state index is 0.0385. The number of amides is 1. The number of nitrogens with zero attached hydrogens (tertiary/aromatic N) is 2. The fraction of sp³-hybridized carbons (Fsp3) is 0.200. The molecule has 0 spiro atoms. The Morgan fingerprint density at radius 3 is 2.64 bits per heavy atom. The summed E-state index contributed by atoms with van der Waals surface area (Å²) in [5.41, 5.74) is 0.833. The van der Waals surface area contributed by atoms with Crippen molar-refractivity contribution in [1.82, 2.24) is 10.3 Å². The van der Waals surface area contributed by atoms with Gasteiger partial charge in [-0.05, 0) is 31.2 Å². The molecule has 0 saturated carbocycles. The molecule has 0 radical (unpaired) electrons. The molecule has 1 aromatic carbocycles. The van der Waals surface area contributed by atoms with Gasteiger partial charge < -0.3 is 5.32 Å². The quantitative estimate of drug-likeness (QED) is 0.503. The third-order valence-corrected chi connectivity index (χ3v) is 4.01. The van der Waals surface area contributed by atoms with Crippen molar-refractivity contribution in [2.45, 2.75) is 23.6 Å². The Hall–Kier alpha value is -2.41. The highest BCUT2D eigenvalue weighted by atomic mass is 32.2. The Morgan fingerprint density at radius 2 is 2.05 bits per heavy atom. The number of nitro groups is 1. The number of carbonyl (C=O) groups is 1. The number of aromatic nitrogens is 1. The number of thioether (sulfide) groups is 1. The van der Waals surface area contributed by atoms with Gasteiger partial charge in [-0.15, -0.1) is 11.8 Å². The smallest absolute Gasteiger partial charge is 0.269 e. The molecule has 0 aliphatic heterocycles. The predicted octanol–water partition coefficient (Wildman–Crippen LogP) is 2.79. The maximum Gasteiger partial charge on any atom is 0.269 e. The predicted molar refractivity (Wildman–Crippen MR) is 84.5 cm³/mol. The first-order chi connectivity index (χ1) is 10.6. The lowest BCUT2D eigenvalue weighted by atomic mass is 10.3. The summed E-state index contributed by atoms with van der Waals surface area (Å²) in [7, 11) is 0. The van der Waals surface area contributed by atoms with Crippen LogP contribution in [0, 0.1) is 10.1 Å². The molecule has 1 N–H and O–H groups in total. The molecule has 0 fully saturated rings. The summed E-state index contributed by atoms with van der Waals surface area (Å²) in [5.74, 6) is -0.103. The van der Waals surface area contributed by atoms with E-state index in [-0.39, 0.29) is 16.8 Å². The molecule has 0 aliphatic rings. The van der Waals surface area contributed by atoms with Crippen molar-refractivity contribution in [2.75, 3.05) is 0 Å². The lowest BCUT2D eigenvalue weighted by Crippen LogP contribution is -2.30. The minimum atomic E-state index is -0.447. The number of pyridine rings is 1. The standard InChI is InChI=1S/C15H15N3O3S/c1-11(15(19)17-10-12-4-2-3-9-16-12)22-14-7-5-13(6-8-14)18(20)21/h2-9,11H,10H2,1H3,(H,17,19). The molecule has 2 aromatic rings. The van der Waals surface area contributed by atoms with E-state index in [1.807, 2.05) is 18.2 Å². The van der Waals surface area contributed by atoms with Gasteiger partial charge in [0.25, 0.3) is 5.69 Å². The van der Waals surface area contributed by atoms with Gasteiger partial charge in [0, 0.05) is 23.2 Å². The van der Waals surface area contributed by atoms with E-state index in [0.717, 1.165) is 10.6 Å². The van der Waals surface area contributed by atoms with Crippen molar-refractivity contribution in [3.8, 4) is 0 Å². The normalized spacial score (nSPS) is 11.7. The van der Waals surface area contributed by atoms with Crippen LogP contribution in [0.3, 0.4) is 0 Å². The van der Waals surface area contributed by atoms with Crippen LogP contribution in [0.4, 0.5) is 5.69 Å². The summed E-state index contributed by atoms with van der Waals surface area (Å²) in [6, 6.07) is 11.7. The van der Waals surface area contributed by atoms with Gasteiger partial charge in [-0.1, -0.05) is 6.07 Å². The maximum absolute atomic E-state index is 12.0. The van der Waals surface area contributed by atoms with Crippen LogP contribution in [0.25, 0.3) is 0 Å². The van der Waals surface area contributed by atoms with Crippen LogP contribution < -0.4 is 5.32 Å². The van der Waals surface area contributed by atoms with Crippen molar-refractivity contribution in [3.63, 3.8) is 0 Å². The van der Waals surface area contributed by atoms with Crippen molar-refractivity contribution < 1.29 is 9.72 Å². The lowest BCUT2D eigenvalue weighted by Gasteiger charge is -2.11. The van der Waals surface area contributed by atoms with Gasteiger partial charge in [0.2, 0.25) is 5.91 Å². The molecule has 1 aromatic heterocycles. The summed E-state index contributed by atoms with van der Waals surface area (Å²) in [6.45, 7) is 2.17. The van der Waals surface area contributed by atoms with Gasteiger partial charge in [-0.3, -0.25) is 19.9 Å². The summed E-state index contributed by atoms with van der Waals surface area (Å²) in [6.07, 6.45) is 1.68. The number of non-ortho nitro benzene ring substituents is 1. The van der Waals surface area contributed by atoms with E-state index in [4.69, 9.17) is 0 Å². The van der Waals surface area contributed by atoms with Crippen LogP contribution in [-0.2, 0) is 11.3 Å². The van der Waals surface area contributed by atoms with Gasteiger partial charge in [0.1, 0.15) is 0 Å². The highest BCUT2D eigenvalue weighted by molar-refractivity contribution is 8.00. The number of nitrogens with one attached hydrogen (secondary N) is 1. The Bertz CT molecular complexity index is 647. The van der Waals surface area contributed by atoms with Crippen LogP contribution in [0.15, 0.2) is 53.6 Å². The number of hydrogen-bond acceptors (Lipinski definition) is 5. The first-order valence-corrected chi connectivity index (χ1v) is 7.53. The SMILES string of the molecule is CC(Sc1ccc([N+](=O)[O-])cc1)C(=O)NCc1ccccn1. The first kappa shape index (κ1) is 16.0. The van der Waals surface area contributed by atoms with Gasteiger partial charge in [-0.2, -0.15) is 0 Å². The van der Waals surface area contributed by atoms with Crippen molar-refractivity contribution in [2.24, 2.45) is 0 Å². The fourth-order valence-electron chi connectivity index (χ4n) is 1.73. The molecule has 1 unspecified atom stereocenters. The highest BCUT2D eigenvalue weighted by Crippen LogP contribution is 2.25. The Balaban J connectivity index is 1.86. The summed E-state index contributed by atoms with van der Waals surface area (Å²) in [5, 5.41) is 13.1. The maximum atomic E-state index is 12.0. The highest BCUT2D eigenvalue weighted by Gasteiger charge is 2.15. The van der Waals surface area contributed by atoms with Crippen molar-refractivity contribution in [3.05, 3.63) is 64.5 Å². The van der Waals surface area contributed by atoms with Crippen molar-refractivity contribution >= 4 is 23.4 Å². The molecule has 1 heterocycles. The molecule has 1 atom stereocenters. The van der Waals surface area contributed by atoms with E-state index in [1.54, 1.807) is 25.3 Å². The lowest BCUT2D eigenvalue weighted by molar-refractivity contribution is -0.384. The van der Waals surface area contributed by atoms with Crippen LogP contribution in [0.5, 0.6) is 0 Å². The molecule has 0 bridgehead atoms. The molecule has 22 heavy (non-hydrogen) atoms. The van der Waals surface area contributed by atoms with E-state index in [0.29, 0.717) is 6.54 Å². The Morgan fingerprint density at radius 1 is 1.32 bits per heavy atom. The summed E-state index contributed by atoms with van der Waals surface area (Å²) >= 11 is 1.35. The van der Waals surface area contributed by atoms with E-state index in [1.165, 1.54) is 23.9 Å². The molecule has 0 aliphatic carbocycles. The van der Waals surface area contributed by atoms with E-state index in [2.05, 4.69) is 10.3 Å². The van der Waals surface area contributed by atoms with Crippen LogP contribution in [-0.4, -0.2) is 21.1 Å². The van der Waals surface area contributed by atoms with Crippen LogP contribution in [0.2, 0.25) is 0 Å². The van der Waals surface area contributed by atoms with Crippen molar-refractivity contribution in [1.29, 1.82) is 0 Å².